The third-order valence-corrected chi connectivity index (χ3v) is 4.39. The van der Waals surface area contributed by atoms with Crippen molar-refractivity contribution in [2.45, 2.75) is 32.2 Å². The van der Waals surface area contributed by atoms with Crippen molar-refractivity contribution in [1.29, 1.82) is 0 Å². The van der Waals surface area contributed by atoms with Gasteiger partial charge in [0.05, 0.1) is 12.5 Å². The van der Waals surface area contributed by atoms with Gasteiger partial charge in [-0.3, -0.25) is 4.79 Å². The van der Waals surface area contributed by atoms with E-state index in [1.54, 1.807) is 12.0 Å². The second kappa shape index (κ2) is 6.43. The maximum atomic E-state index is 12.6. The Labute approximate surface area is 119 Å². The summed E-state index contributed by atoms with van der Waals surface area (Å²) < 4.78 is 5.09. The minimum Gasteiger partial charge on any atom is -0.481 e. The van der Waals surface area contributed by atoms with Crippen molar-refractivity contribution in [2.24, 2.45) is 11.8 Å². The van der Waals surface area contributed by atoms with Crippen LogP contribution in [0, 0.1) is 11.8 Å². The summed E-state index contributed by atoms with van der Waals surface area (Å²) in [4.78, 5) is 27.1. The van der Waals surface area contributed by atoms with E-state index in [9.17, 15) is 9.59 Å². The molecule has 0 bridgehead atoms. The van der Waals surface area contributed by atoms with Crippen LogP contribution in [0.15, 0.2) is 0 Å². The van der Waals surface area contributed by atoms with Crippen LogP contribution in [-0.2, 0) is 9.53 Å². The van der Waals surface area contributed by atoms with Crippen molar-refractivity contribution in [3.63, 3.8) is 0 Å². The Morgan fingerprint density at radius 1 is 1.40 bits per heavy atom. The summed E-state index contributed by atoms with van der Waals surface area (Å²) in [7, 11) is 1.63. The smallest absolute Gasteiger partial charge is 0.320 e. The van der Waals surface area contributed by atoms with Gasteiger partial charge in [0.15, 0.2) is 0 Å². The molecule has 1 aliphatic heterocycles. The lowest BCUT2D eigenvalue weighted by molar-refractivity contribution is -0.141. The SMILES string of the molecule is COCCN(C(=O)N1CCC(C(=O)O)C1)C(C)C1CC1. The molecule has 2 unspecified atom stereocenters. The number of rotatable bonds is 6. The Hall–Kier alpha value is -1.30. The monoisotopic (exact) mass is 284 g/mol. The molecule has 6 nitrogen and oxygen atoms in total. The van der Waals surface area contributed by atoms with Crippen LogP contribution in [-0.4, -0.2) is 66.3 Å². The van der Waals surface area contributed by atoms with Crippen LogP contribution >= 0.6 is 0 Å². The van der Waals surface area contributed by atoms with Gasteiger partial charge in [0.1, 0.15) is 0 Å². The predicted octanol–water partition coefficient (Wildman–Crippen LogP) is 1.26. The van der Waals surface area contributed by atoms with Crippen molar-refractivity contribution in [2.75, 3.05) is 33.4 Å². The molecule has 2 aliphatic rings. The zero-order valence-corrected chi connectivity index (χ0v) is 12.2. The highest BCUT2D eigenvalue weighted by Crippen LogP contribution is 2.35. The van der Waals surface area contributed by atoms with E-state index in [1.165, 1.54) is 12.8 Å². The number of hydrogen-bond acceptors (Lipinski definition) is 3. The standard InChI is InChI=1S/C14H24N2O4/c1-10(11-3-4-11)16(7-8-20-2)14(19)15-6-5-12(9-15)13(17)18/h10-12H,3-9H2,1-2H3,(H,17,18). The summed E-state index contributed by atoms with van der Waals surface area (Å²) in [6, 6.07) is 0.173. The number of likely N-dealkylation sites (tertiary alicyclic amines) is 1. The van der Waals surface area contributed by atoms with Crippen LogP contribution < -0.4 is 0 Å². The van der Waals surface area contributed by atoms with E-state index in [0.29, 0.717) is 38.6 Å². The third kappa shape index (κ3) is 3.42. The molecule has 2 atom stereocenters. The number of carbonyl (C=O) groups excluding carboxylic acids is 1. The van der Waals surface area contributed by atoms with Crippen LogP contribution in [0.3, 0.4) is 0 Å². The number of nitrogens with zero attached hydrogens (tertiary/aromatic N) is 2. The van der Waals surface area contributed by atoms with E-state index >= 15 is 0 Å². The minimum atomic E-state index is -0.806. The number of carbonyl (C=O) groups is 2. The normalized spacial score (nSPS) is 23.7. The molecular formula is C14H24N2O4. The fourth-order valence-electron chi connectivity index (χ4n) is 2.81. The second-order valence-corrected chi connectivity index (χ2v) is 5.82. The van der Waals surface area contributed by atoms with Gasteiger partial charge in [-0.15, -0.1) is 0 Å². The highest BCUT2D eigenvalue weighted by Gasteiger charge is 2.38. The summed E-state index contributed by atoms with van der Waals surface area (Å²) in [5.41, 5.74) is 0. The van der Waals surface area contributed by atoms with Gasteiger partial charge in [-0.1, -0.05) is 0 Å². The Morgan fingerprint density at radius 2 is 2.10 bits per heavy atom. The van der Waals surface area contributed by atoms with Crippen molar-refractivity contribution in [1.82, 2.24) is 9.80 Å². The number of hydrogen-bond donors (Lipinski definition) is 1. The van der Waals surface area contributed by atoms with E-state index in [4.69, 9.17) is 9.84 Å². The molecule has 1 saturated heterocycles. The maximum Gasteiger partial charge on any atom is 0.320 e. The summed E-state index contributed by atoms with van der Waals surface area (Å²) in [5, 5.41) is 9.03. The Balaban J connectivity index is 1.96. The first-order chi connectivity index (χ1) is 9.54. The summed E-state index contributed by atoms with van der Waals surface area (Å²) in [6.45, 7) is 4.03. The average molecular weight is 284 g/mol. The van der Waals surface area contributed by atoms with Crippen LogP contribution in [0.2, 0.25) is 0 Å². The lowest BCUT2D eigenvalue weighted by Crippen LogP contribution is -2.48. The third-order valence-electron chi connectivity index (χ3n) is 4.39. The quantitative estimate of drug-likeness (QED) is 0.797. The number of amides is 2. The van der Waals surface area contributed by atoms with E-state index in [2.05, 4.69) is 6.92 Å². The fourth-order valence-corrected chi connectivity index (χ4v) is 2.81. The molecule has 0 spiro atoms. The van der Waals surface area contributed by atoms with Gasteiger partial charge in [0, 0.05) is 32.8 Å². The van der Waals surface area contributed by atoms with Gasteiger partial charge in [-0.25, -0.2) is 4.79 Å². The van der Waals surface area contributed by atoms with Gasteiger partial charge < -0.3 is 19.6 Å². The predicted molar refractivity (Wildman–Crippen MR) is 73.5 cm³/mol. The molecule has 1 saturated carbocycles. The van der Waals surface area contributed by atoms with Gasteiger partial charge in [0.2, 0.25) is 0 Å². The Kier molecular flexibility index (Phi) is 4.86. The number of urea groups is 1. The van der Waals surface area contributed by atoms with Crippen molar-refractivity contribution < 1.29 is 19.4 Å². The van der Waals surface area contributed by atoms with E-state index in [1.807, 2.05) is 4.90 Å². The molecule has 1 heterocycles. The van der Waals surface area contributed by atoms with E-state index in [-0.39, 0.29) is 12.1 Å². The molecule has 6 heteroatoms. The highest BCUT2D eigenvalue weighted by atomic mass is 16.5. The average Bonchev–Trinajstić information content (AvgIpc) is 3.15. The Morgan fingerprint density at radius 3 is 2.60 bits per heavy atom. The molecule has 0 aromatic heterocycles. The number of carboxylic acids is 1. The van der Waals surface area contributed by atoms with E-state index in [0.717, 1.165) is 0 Å². The van der Waals surface area contributed by atoms with Crippen LogP contribution in [0.4, 0.5) is 4.79 Å². The largest absolute Gasteiger partial charge is 0.481 e. The number of aliphatic carboxylic acids is 1. The molecule has 1 aliphatic carbocycles. The summed E-state index contributed by atoms with van der Waals surface area (Å²) in [5.74, 6) is -0.632. The molecule has 20 heavy (non-hydrogen) atoms. The fraction of sp³-hybridized carbons (Fsp3) is 0.857. The molecular weight excluding hydrogens is 260 g/mol. The van der Waals surface area contributed by atoms with E-state index < -0.39 is 11.9 Å². The second-order valence-electron chi connectivity index (χ2n) is 5.82. The molecule has 2 rings (SSSR count). The molecule has 114 valence electrons. The van der Waals surface area contributed by atoms with Gasteiger partial charge in [-0.05, 0) is 32.1 Å². The summed E-state index contributed by atoms with van der Waals surface area (Å²) >= 11 is 0. The first-order valence-corrected chi connectivity index (χ1v) is 7.32. The molecule has 2 fully saturated rings. The van der Waals surface area contributed by atoms with Gasteiger partial charge in [0.25, 0.3) is 0 Å². The van der Waals surface area contributed by atoms with Gasteiger partial charge in [-0.2, -0.15) is 0 Å². The lowest BCUT2D eigenvalue weighted by Gasteiger charge is -2.33. The maximum absolute atomic E-state index is 12.6. The zero-order chi connectivity index (χ0) is 14.7. The lowest BCUT2D eigenvalue weighted by atomic mass is 10.1. The number of ether oxygens (including phenoxy) is 1. The topological polar surface area (TPSA) is 70.1 Å². The Bertz CT molecular complexity index is 370. The molecule has 2 amide bonds. The van der Waals surface area contributed by atoms with Crippen molar-refractivity contribution >= 4 is 12.0 Å². The van der Waals surface area contributed by atoms with Gasteiger partial charge >= 0.3 is 12.0 Å². The number of carboxylic acid groups (broad SMARTS) is 1. The van der Waals surface area contributed by atoms with Crippen LogP contribution in [0.1, 0.15) is 26.2 Å². The zero-order valence-electron chi connectivity index (χ0n) is 12.2. The molecule has 0 radical (unpaired) electrons. The van der Waals surface area contributed by atoms with Crippen LogP contribution in [0.25, 0.3) is 0 Å². The van der Waals surface area contributed by atoms with Crippen molar-refractivity contribution in [3.8, 4) is 0 Å². The van der Waals surface area contributed by atoms with Crippen molar-refractivity contribution in [3.05, 3.63) is 0 Å². The van der Waals surface area contributed by atoms with Crippen LogP contribution in [0.5, 0.6) is 0 Å². The summed E-state index contributed by atoms with van der Waals surface area (Å²) in [6.07, 6.45) is 2.91. The highest BCUT2D eigenvalue weighted by molar-refractivity contribution is 5.77. The first-order valence-electron chi connectivity index (χ1n) is 7.32. The molecule has 0 aromatic carbocycles. The minimum absolute atomic E-state index is 0.0369. The number of methoxy groups -OCH3 is 1. The molecule has 0 aromatic rings. The first kappa shape index (κ1) is 15.1. The molecule has 1 N–H and O–H groups in total.